The molecule has 1 aromatic rings. The molecule has 0 aliphatic carbocycles. The number of likely N-dealkylation sites (tertiary alicyclic amines) is 1. The number of carbonyl (C=O) groups excluding carboxylic acids is 3. The van der Waals surface area contributed by atoms with Gasteiger partial charge in [-0.1, -0.05) is 34.8 Å². The minimum absolute atomic E-state index is 0.0209. The summed E-state index contributed by atoms with van der Waals surface area (Å²) in [5.41, 5.74) is 0.847. The number of benzene rings is 1. The topological polar surface area (TPSA) is 119 Å². The van der Waals surface area contributed by atoms with E-state index in [-0.39, 0.29) is 23.4 Å². The molecule has 4 aliphatic rings. The summed E-state index contributed by atoms with van der Waals surface area (Å²) in [6.45, 7) is 2.23. The van der Waals surface area contributed by atoms with Crippen molar-refractivity contribution in [2.45, 2.75) is 35.2 Å². The van der Waals surface area contributed by atoms with Crippen LogP contribution in [0.2, 0.25) is 15.1 Å². The number of nitrogens with zero attached hydrogens (tertiary/aromatic N) is 2. The molecule has 0 bridgehead atoms. The van der Waals surface area contributed by atoms with Crippen LogP contribution in [0.1, 0.15) is 12.8 Å². The van der Waals surface area contributed by atoms with Gasteiger partial charge in [-0.05, 0) is 43.2 Å². The molecule has 3 N–H and O–H groups in total. The number of halogens is 3. The Bertz CT molecular complexity index is 1280. The number of β-lactam (4-membered cyclic amide) rings is 1. The van der Waals surface area contributed by atoms with Crippen LogP contribution in [-0.2, 0) is 19.2 Å². The second-order valence-corrected chi connectivity index (χ2v) is 12.5. The zero-order chi connectivity index (χ0) is 27.1. The molecule has 3 atom stereocenters. The predicted molar refractivity (Wildman–Crippen MR) is 148 cm³/mol. The Morgan fingerprint density at radius 3 is 2.68 bits per heavy atom. The van der Waals surface area contributed by atoms with Crippen molar-refractivity contribution in [3.05, 3.63) is 50.1 Å². The van der Waals surface area contributed by atoms with E-state index in [4.69, 9.17) is 34.8 Å². The van der Waals surface area contributed by atoms with Crippen LogP contribution in [0.25, 0.3) is 0 Å². The minimum atomic E-state index is -1.24. The summed E-state index contributed by atoms with van der Waals surface area (Å²) in [7, 11) is 0. The van der Waals surface area contributed by atoms with Crippen molar-refractivity contribution in [2.75, 3.05) is 31.1 Å². The van der Waals surface area contributed by atoms with E-state index in [9.17, 15) is 24.3 Å². The number of fused-ring (bicyclic) bond motifs is 1. The highest BCUT2D eigenvalue weighted by molar-refractivity contribution is 8.00. The number of aliphatic carboxylic acids is 1. The first-order valence-corrected chi connectivity index (χ1v) is 15.0. The third kappa shape index (κ3) is 5.29. The summed E-state index contributed by atoms with van der Waals surface area (Å²) < 4.78 is 0. The Balaban J connectivity index is 1.25. The van der Waals surface area contributed by atoms with Gasteiger partial charge in [0.25, 0.3) is 5.91 Å². The molecule has 38 heavy (non-hydrogen) atoms. The maximum Gasteiger partial charge on any atom is 0.352 e. The summed E-state index contributed by atoms with van der Waals surface area (Å²) in [5.74, 6) is -1.94. The lowest BCUT2D eigenvalue weighted by atomic mass is 10.0. The fourth-order valence-corrected chi connectivity index (χ4v) is 7.81. The van der Waals surface area contributed by atoms with Crippen LogP contribution < -0.4 is 10.6 Å². The fourth-order valence-electron chi connectivity index (χ4n) is 4.96. The number of amides is 3. The predicted octanol–water partition coefficient (Wildman–Crippen LogP) is 3.00. The number of nitrogens with one attached hydrogen (secondary N) is 2. The molecule has 4 heterocycles. The highest BCUT2D eigenvalue weighted by Crippen LogP contribution is 2.41. The van der Waals surface area contributed by atoms with Crippen LogP contribution in [0.4, 0.5) is 0 Å². The van der Waals surface area contributed by atoms with Gasteiger partial charge in [0.1, 0.15) is 17.1 Å². The van der Waals surface area contributed by atoms with E-state index in [0.29, 0.717) is 49.8 Å². The third-order valence-electron chi connectivity index (χ3n) is 6.83. The van der Waals surface area contributed by atoms with Gasteiger partial charge in [0.15, 0.2) is 0 Å². The first-order chi connectivity index (χ1) is 18.2. The molecule has 0 radical (unpaired) electrons. The van der Waals surface area contributed by atoms with E-state index in [1.165, 1.54) is 22.7 Å². The first kappa shape index (κ1) is 27.7. The van der Waals surface area contributed by atoms with Gasteiger partial charge in [0.2, 0.25) is 11.8 Å². The molecule has 2 unspecified atom stereocenters. The average Bonchev–Trinajstić information content (AvgIpc) is 3.53. The molecule has 3 fully saturated rings. The molecular weight excluding hydrogens is 595 g/mol. The Morgan fingerprint density at radius 1 is 1.21 bits per heavy atom. The molecule has 0 saturated carbocycles. The van der Waals surface area contributed by atoms with Crippen molar-refractivity contribution < 1.29 is 24.3 Å². The summed E-state index contributed by atoms with van der Waals surface area (Å²) in [6, 6.07) is 2.36. The van der Waals surface area contributed by atoms with Crippen LogP contribution in [0.15, 0.2) is 39.9 Å². The van der Waals surface area contributed by atoms with Gasteiger partial charge in [-0.2, -0.15) is 0 Å². The number of hydrogen-bond donors (Lipinski definition) is 3. The fraction of sp³-hybridized carbons (Fsp3) is 0.417. The quantitative estimate of drug-likeness (QED) is 0.185. The SMILES string of the molecule is O=C(CSc1cc(Cl)c(Cl)cc1Cl)NC1C(=O)N2C(C(=O)O)=C(C=C3CCN([C@H]4CCNC4)C3=O)CSC12. The molecule has 14 heteroatoms. The number of rotatable bonds is 7. The largest absolute Gasteiger partial charge is 0.477 e. The van der Waals surface area contributed by atoms with Crippen LogP contribution in [0.5, 0.6) is 0 Å². The number of carboxylic acids is 1. The van der Waals surface area contributed by atoms with Gasteiger partial charge in [-0.15, -0.1) is 23.5 Å². The van der Waals surface area contributed by atoms with Crippen LogP contribution in [0.3, 0.4) is 0 Å². The van der Waals surface area contributed by atoms with Crippen molar-refractivity contribution in [1.82, 2.24) is 20.4 Å². The average molecular weight is 618 g/mol. The van der Waals surface area contributed by atoms with E-state index in [0.717, 1.165) is 31.3 Å². The summed E-state index contributed by atoms with van der Waals surface area (Å²) in [5, 5.41) is 16.3. The maximum atomic E-state index is 13.0. The van der Waals surface area contributed by atoms with E-state index in [1.807, 2.05) is 4.90 Å². The van der Waals surface area contributed by atoms with Crippen molar-refractivity contribution >= 4 is 82.0 Å². The van der Waals surface area contributed by atoms with Crippen molar-refractivity contribution in [1.29, 1.82) is 0 Å². The number of allylic oxidation sites excluding steroid dienone is 1. The summed E-state index contributed by atoms with van der Waals surface area (Å²) in [4.78, 5) is 54.3. The molecule has 3 amide bonds. The molecule has 0 aromatic heterocycles. The lowest BCUT2D eigenvalue weighted by molar-refractivity contribution is -0.150. The molecule has 9 nitrogen and oxygen atoms in total. The lowest BCUT2D eigenvalue weighted by Crippen LogP contribution is -2.70. The van der Waals surface area contributed by atoms with Gasteiger partial charge in [0, 0.05) is 35.4 Å². The highest BCUT2D eigenvalue weighted by Gasteiger charge is 2.54. The Hall–Kier alpha value is -1.89. The second-order valence-electron chi connectivity index (χ2n) is 9.18. The van der Waals surface area contributed by atoms with E-state index in [1.54, 1.807) is 12.1 Å². The number of carbonyl (C=O) groups is 4. The monoisotopic (exact) mass is 616 g/mol. The Morgan fingerprint density at radius 2 is 1.97 bits per heavy atom. The normalized spacial score (nSPS) is 26.2. The molecule has 202 valence electrons. The maximum absolute atomic E-state index is 13.0. The van der Waals surface area contributed by atoms with E-state index >= 15 is 0 Å². The minimum Gasteiger partial charge on any atom is -0.477 e. The molecular formula is C24H23Cl3N4O5S2. The zero-order valence-corrected chi connectivity index (χ0v) is 23.7. The molecule has 1 aromatic carbocycles. The third-order valence-corrected chi connectivity index (χ3v) is 10.3. The number of hydrogen-bond acceptors (Lipinski definition) is 7. The van der Waals surface area contributed by atoms with Crippen LogP contribution in [0, 0.1) is 0 Å². The lowest BCUT2D eigenvalue weighted by Gasteiger charge is -2.49. The van der Waals surface area contributed by atoms with Crippen molar-refractivity contribution in [2.24, 2.45) is 0 Å². The number of thioether (sulfide) groups is 2. The van der Waals surface area contributed by atoms with Gasteiger partial charge < -0.3 is 20.6 Å². The second kappa shape index (κ2) is 11.3. The van der Waals surface area contributed by atoms with Gasteiger partial charge in [-0.3, -0.25) is 19.3 Å². The Labute approximate surface area is 242 Å². The van der Waals surface area contributed by atoms with Gasteiger partial charge in [0.05, 0.1) is 20.8 Å². The zero-order valence-electron chi connectivity index (χ0n) is 19.8. The van der Waals surface area contributed by atoms with Gasteiger partial charge in [-0.25, -0.2) is 4.79 Å². The first-order valence-electron chi connectivity index (χ1n) is 11.9. The summed E-state index contributed by atoms with van der Waals surface area (Å²) in [6.07, 6.45) is 3.06. The van der Waals surface area contributed by atoms with E-state index < -0.39 is 29.2 Å². The molecule has 3 saturated heterocycles. The van der Waals surface area contributed by atoms with Crippen LogP contribution >= 0.6 is 58.3 Å². The standard InChI is InChI=1S/C24H23Cl3N4O5S2/c25-14-6-16(27)17(7-15(14)26)37-10-18(32)29-19-22(34)31-20(24(35)36)12(9-38-23(19)31)5-11-2-4-30(21(11)33)13-1-3-28-8-13/h5-7,13,19,23,28H,1-4,8-10H2,(H,29,32)(H,35,36)/t13-,19?,23?/m0/s1. The van der Waals surface area contributed by atoms with E-state index in [2.05, 4.69) is 10.6 Å². The van der Waals surface area contributed by atoms with Crippen LogP contribution in [-0.4, -0.2) is 87.2 Å². The Kier molecular flexibility index (Phi) is 8.23. The summed E-state index contributed by atoms with van der Waals surface area (Å²) >= 11 is 20.6. The van der Waals surface area contributed by atoms with Crippen molar-refractivity contribution in [3.8, 4) is 0 Å². The van der Waals surface area contributed by atoms with Crippen molar-refractivity contribution in [3.63, 3.8) is 0 Å². The number of carboxylic acid groups (broad SMARTS) is 1. The molecule has 0 spiro atoms. The van der Waals surface area contributed by atoms with Gasteiger partial charge >= 0.3 is 5.97 Å². The molecule has 5 rings (SSSR count). The highest BCUT2D eigenvalue weighted by atomic mass is 35.5. The smallest absolute Gasteiger partial charge is 0.352 e. The molecule has 4 aliphatic heterocycles.